The van der Waals surface area contributed by atoms with Crippen molar-refractivity contribution < 1.29 is 9.53 Å². The van der Waals surface area contributed by atoms with Crippen LogP contribution in [0.4, 0.5) is 0 Å². The van der Waals surface area contributed by atoms with Crippen molar-refractivity contribution in [3.63, 3.8) is 0 Å². The fraction of sp³-hybridized carbons (Fsp3) is 0.400. The minimum atomic E-state index is -0.461. The summed E-state index contributed by atoms with van der Waals surface area (Å²) in [6.07, 6.45) is 0. The molecule has 0 saturated heterocycles. The lowest BCUT2D eigenvalue weighted by atomic mass is 10.2. The van der Waals surface area contributed by atoms with Gasteiger partial charge in [0.15, 0.2) is 0 Å². The fourth-order valence-corrected chi connectivity index (χ4v) is 2.23. The molecule has 0 aliphatic heterocycles. The average molecular weight is 295 g/mol. The number of para-hydroxylation sites is 1. The molecule has 4 nitrogen and oxygen atoms in total. The van der Waals surface area contributed by atoms with Gasteiger partial charge in [0.2, 0.25) is 0 Å². The number of ether oxygens (including phenoxy) is 1. The van der Waals surface area contributed by atoms with E-state index < -0.39 is 5.60 Å². The first-order valence-corrected chi connectivity index (χ1v) is 6.92. The SMILES string of the molecule is CC(C)(C)OC(=O)CNCc1[nH]c2ccccc2c1Cl. The molecule has 0 aliphatic carbocycles. The van der Waals surface area contributed by atoms with Crippen molar-refractivity contribution in [3.05, 3.63) is 35.0 Å². The van der Waals surface area contributed by atoms with Gasteiger partial charge in [-0.1, -0.05) is 29.8 Å². The second-order valence-corrected chi connectivity index (χ2v) is 6.03. The van der Waals surface area contributed by atoms with Gasteiger partial charge in [-0.25, -0.2) is 0 Å². The highest BCUT2D eigenvalue weighted by Gasteiger charge is 2.16. The molecular formula is C15H19ClN2O2. The Kier molecular flexibility index (Phi) is 4.35. The van der Waals surface area contributed by atoms with Crippen LogP contribution in [0.2, 0.25) is 5.02 Å². The highest BCUT2D eigenvalue weighted by atomic mass is 35.5. The van der Waals surface area contributed by atoms with Crippen molar-refractivity contribution in [2.75, 3.05) is 6.54 Å². The van der Waals surface area contributed by atoms with Crippen LogP contribution in [0.15, 0.2) is 24.3 Å². The van der Waals surface area contributed by atoms with Gasteiger partial charge in [-0.2, -0.15) is 0 Å². The molecule has 0 aliphatic rings. The molecule has 0 amide bonds. The third kappa shape index (κ3) is 3.74. The van der Waals surface area contributed by atoms with Crippen LogP contribution >= 0.6 is 11.6 Å². The Morgan fingerprint density at radius 2 is 2.05 bits per heavy atom. The summed E-state index contributed by atoms with van der Waals surface area (Å²) in [7, 11) is 0. The number of esters is 1. The second-order valence-electron chi connectivity index (χ2n) is 5.65. The molecule has 0 radical (unpaired) electrons. The van der Waals surface area contributed by atoms with Crippen LogP contribution in [0.5, 0.6) is 0 Å². The van der Waals surface area contributed by atoms with Gasteiger partial charge in [0.1, 0.15) is 5.60 Å². The van der Waals surface area contributed by atoms with Gasteiger partial charge in [-0.3, -0.25) is 4.79 Å². The lowest BCUT2D eigenvalue weighted by molar-refractivity contribution is -0.153. The highest BCUT2D eigenvalue weighted by Crippen LogP contribution is 2.26. The van der Waals surface area contributed by atoms with E-state index in [9.17, 15) is 4.79 Å². The van der Waals surface area contributed by atoms with Gasteiger partial charge in [0.25, 0.3) is 0 Å². The molecule has 108 valence electrons. The van der Waals surface area contributed by atoms with Crippen LogP contribution in [0.3, 0.4) is 0 Å². The zero-order valence-corrected chi connectivity index (χ0v) is 12.7. The fourth-order valence-electron chi connectivity index (χ4n) is 1.95. The van der Waals surface area contributed by atoms with E-state index in [1.807, 2.05) is 45.0 Å². The topological polar surface area (TPSA) is 54.1 Å². The van der Waals surface area contributed by atoms with Crippen LogP contribution in [-0.2, 0) is 16.1 Å². The molecule has 1 aromatic heterocycles. The van der Waals surface area contributed by atoms with Crippen molar-refractivity contribution in [2.45, 2.75) is 32.9 Å². The molecule has 0 saturated carbocycles. The molecule has 1 aromatic carbocycles. The molecule has 2 N–H and O–H groups in total. The predicted molar refractivity (Wildman–Crippen MR) is 80.9 cm³/mol. The van der Waals surface area contributed by atoms with Gasteiger partial charge >= 0.3 is 5.97 Å². The van der Waals surface area contributed by atoms with Crippen molar-refractivity contribution in [2.24, 2.45) is 0 Å². The van der Waals surface area contributed by atoms with Gasteiger partial charge in [-0.05, 0) is 26.8 Å². The number of aromatic nitrogens is 1. The first-order valence-electron chi connectivity index (χ1n) is 6.54. The average Bonchev–Trinajstić information content (AvgIpc) is 2.65. The Morgan fingerprint density at radius 1 is 1.35 bits per heavy atom. The molecule has 20 heavy (non-hydrogen) atoms. The standard InChI is InChI=1S/C15H19ClN2O2/c1-15(2,3)20-13(19)9-17-8-12-14(16)10-6-4-5-7-11(10)18-12/h4-7,17-18H,8-9H2,1-3H3. The molecule has 2 aromatic rings. The monoisotopic (exact) mass is 294 g/mol. The molecule has 5 heteroatoms. The van der Waals surface area contributed by atoms with Crippen molar-refractivity contribution in [1.82, 2.24) is 10.3 Å². The summed E-state index contributed by atoms with van der Waals surface area (Å²) in [5, 5.41) is 4.72. The van der Waals surface area contributed by atoms with Gasteiger partial charge in [-0.15, -0.1) is 0 Å². The maximum Gasteiger partial charge on any atom is 0.320 e. The predicted octanol–water partition coefficient (Wildman–Crippen LogP) is 3.25. The number of fused-ring (bicyclic) bond motifs is 1. The van der Waals surface area contributed by atoms with E-state index in [0.717, 1.165) is 16.6 Å². The van der Waals surface area contributed by atoms with Crippen LogP contribution < -0.4 is 5.32 Å². The summed E-state index contributed by atoms with van der Waals surface area (Å²) >= 11 is 6.29. The van der Waals surface area contributed by atoms with Crippen molar-refractivity contribution >= 4 is 28.5 Å². The van der Waals surface area contributed by atoms with Gasteiger partial charge in [0.05, 0.1) is 11.6 Å². The smallest absolute Gasteiger partial charge is 0.320 e. The first-order chi connectivity index (χ1) is 9.37. The third-order valence-electron chi connectivity index (χ3n) is 2.71. The Morgan fingerprint density at radius 3 is 2.70 bits per heavy atom. The van der Waals surface area contributed by atoms with E-state index in [1.165, 1.54) is 0 Å². The maximum atomic E-state index is 11.6. The summed E-state index contributed by atoms with van der Waals surface area (Å²) in [5.41, 5.74) is 1.40. The molecule has 2 rings (SSSR count). The number of benzene rings is 1. The van der Waals surface area contributed by atoms with E-state index in [0.29, 0.717) is 11.6 Å². The van der Waals surface area contributed by atoms with Crippen molar-refractivity contribution in [1.29, 1.82) is 0 Å². The molecule has 0 unspecified atom stereocenters. The number of carbonyl (C=O) groups is 1. The van der Waals surface area contributed by atoms with Crippen LogP contribution in [0, 0.1) is 0 Å². The summed E-state index contributed by atoms with van der Waals surface area (Å²) < 4.78 is 5.22. The number of carbonyl (C=O) groups excluding carboxylic acids is 1. The molecular weight excluding hydrogens is 276 g/mol. The maximum absolute atomic E-state index is 11.6. The second kappa shape index (κ2) is 5.85. The van der Waals surface area contributed by atoms with E-state index >= 15 is 0 Å². The van der Waals surface area contributed by atoms with E-state index in [2.05, 4.69) is 10.3 Å². The molecule has 1 heterocycles. The molecule has 0 spiro atoms. The van der Waals surface area contributed by atoms with E-state index in [1.54, 1.807) is 0 Å². The number of nitrogens with one attached hydrogen (secondary N) is 2. The summed E-state index contributed by atoms with van der Waals surface area (Å²) in [6.45, 7) is 6.19. The lowest BCUT2D eigenvalue weighted by Crippen LogP contribution is -2.31. The highest BCUT2D eigenvalue weighted by molar-refractivity contribution is 6.36. The molecule has 0 atom stereocenters. The van der Waals surface area contributed by atoms with Crippen LogP contribution in [0.1, 0.15) is 26.5 Å². The summed E-state index contributed by atoms with van der Waals surface area (Å²) in [4.78, 5) is 14.8. The van der Waals surface area contributed by atoms with Crippen LogP contribution in [0.25, 0.3) is 10.9 Å². The zero-order chi connectivity index (χ0) is 14.8. The number of halogens is 1. The van der Waals surface area contributed by atoms with Crippen molar-refractivity contribution in [3.8, 4) is 0 Å². The summed E-state index contributed by atoms with van der Waals surface area (Å²) in [5.74, 6) is -0.273. The Hall–Kier alpha value is -1.52. The Labute approximate surface area is 123 Å². The van der Waals surface area contributed by atoms with Gasteiger partial charge < -0.3 is 15.0 Å². The minimum absolute atomic E-state index is 0.156. The Balaban J connectivity index is 1.93. The minimum Gasteiger partial charge on any atom is -0.459 e. The first kappa shape index (κ1) is 14.9. The van der Waals surface area contributed by atoms with E-state index in [-0.39, 0.29) is 12.5 Å². The van der Waals surface area contributed by atoms with E-state index in [4.69, 9.17) is 16.3 Å². The number of rotatable bonds is 4. The number of H-pyrrole nitrogens is 1. The third-order valence-corrected chi connectivity index (χ3v) is 3.14. The lowest BCUT2D eigenvalue weighted by Gasteiger charge is -2.19. The van der Waals surface area contributed by atoms with Gasteiger partial charge in [0, 0.05) is 23.1 Å². The molecule has 0 fully saturated rings. The largest absolute Gasteiger partial charge is 0.459 e. The number of hydrogen-bond donors (Lipinski definition) is 2. The Bertz CT molecular complexity index is 614. The molecule has 0 bridgehead atoms. The van der Waals surface area contributed by atoms with Crippen LogP contribution in [-0.4, -0.2) is 23.1 Å². The quantitative estimate of drug-likeness (QED) is 0.851. The normalized spacial score (nSPS) is 11.8. The number of aromatic amines is 1. The zero-order valence-electron chi connectivity index (χ0n) is 11.9. The number of hydrogen-bond acceptors (Lipinski definition) is 3. The summed E-state index contributed by atoms with van der Waals surface area (Å²) in [6, 6.07) is 7.83.